The van der Waals surface area contributed by atoms with Crippen molar-refractivity contribution in [1.29, 1.82) is 0 Å². The average molecular weight is 568 g/mol. The second kappa shape index (κ2) is 13.4. The number of carbonyl (C=O) groups is 3. The summed E-state index contributed by atoms with van der Waals surface area (Å²) in [7, 11) is 1.68. The van der Waals surface area contributed by atoms with E-state index in [1.54, 1.807) is 24.1 Å². The van der Waals surface area contributed by atoms with Crippen LogP contribution in [-0.2, 0) is 16.0 Å². The van der Waals surface area contributed by atoms with Crippen molar-refractivity contribution in [2.24, 2.45) is 16.5 Å². The van der Waals surface area contributed by atoms with Crippen molar-refractivity contribution in [2.75, 3.05) is 20.1 Å². The standard InChI is InChI=1S/C28H34FN7O3S/c1-32-21(16-17-10-12-18(29)13-11-17)27(39)36-15-5-8-22(36)25(38)34-20(7-4-14-33-28(30)31)24(37)26-35-19-6-2-3-9-23(19)40-26/h2-3,6,9-13,20-22,32H,4-5,7-8,14-16H2,1H3,(H,34,38)(H4,30,31,33)/t20-,21+,22-/m0/s1. The summed E-state index contributed by atoms with van der Waals surface area (Å²) in [5, 5.41) is 6.23. The van der Waals surface area contributed by atoms with Gasteiger partial charge in [0.1, 0.15) is 11.9 Å². The summed E-state index contributed by atoms with van der Waals surface area (Å²) in [6, 6.07) is 11.3. The largest absolute Gasteiger partial charge is 0.370 e. The van der Waals surface area contributed by atoms with E-state index in [0.717, 1.165) is 10.3 Å². The Kier molecular flexibility index (Phi) is 9.78. The Hall–Kier alpha value is -3.90. The number of nitrogens with zero attached hydrogens (tertiary/aromatic N) is 3. The number of guanidine groups is 1. The molecule has 3 aromatic rings. The van der Waals surface area contributed by atoms with E-state index < -0.39 is 18.1 Å². The van der Waals surface area contributed by atoms with E-state index in [1.165, 1.54) is 23.5 Å². The molecule has 0 radical (unpaired) electrons. The van der Waals surface area contributed by atoms with Gasteiger partial charge in [-0.05, 0) is 69.0 Å². The third kappa shape index (κ3) is 7.19. The Bertz CT molecular complexity index is 1340. The molecular formula is C28H34FN7O3S. The minimum Gasteiger partial charge on any atom is -0.370 e. The predicted molar refractivity (Wildman–Crippen MR) is 153 cm³/mol. The lowest BCUT2D eigenvalue weighted by atomic mass is 10.0. The Morgan fingerprint density at radius 2 is 1.90 bits per heavy atom. The molecule has 4 rings (SSSR count). The van der Waals surface area contributed by atoms with Crippen molar-refractivity contribution < 1.29 is 18.8 Å². The molecular weight excluding hydrogens is 533 g/mol. The van der Waals surface area contributed by atoms with Crippen molar-refractivity contribution in [3.8, 4) is 0 Å². The second-order valence-electron chi connectivity index (χ2n) is 9.72. The number of halogens is 1. The molecule has 0 spiro atoms. The molecule has 10 nitrogen and oxygen atoms in total. The third-order valence-electron chi connectivity index (χ3n) is 6.92. The number of Topliss-reactive ketones (excluding diaryl/α,β-unsaturated/α-hetero) is 1. The van der Waals surface area contributed by atoms with Gasteiger partial charge in [-0.15, -0.1) is 11.3 Å². The number of rotatable bonds is 12. The van der Waals surface area contributed by atoms with E-state index in [-0.39, 0.29) is 29.4 Å². The highest BCUT2D eigenvalue weighted by atomic mass is 32.1. The van der Waals surface area contributed by atoms with Crippen LogP contribution in [0.1, 0.15) is 41.0 Å². The fourth-order valence-corrected chi connectivity index (χ4v) is 5.80. The summed E-state index contributed by atoms with van der Waals surface area (Å²) in [6.45, 7) is 0.739. The average Bonchev–Trinajstić information content (AvgIpc) is 3.61. The summed E-state index contributed by atoms with van der Waals surface area (Å²) in [4.78, 5) is 50.5. The van der Waals surface area contributed by atoms with Gasteiger partial charge in [0.05, 0.1) is 22.3 Å². The minimum absolute atomic E-state index is 0.0436. The first-order valence-corrected chi connectivity index (χ1v) is 14.1. The topological polar surface area (TPSA) is 156 Å². The molecule has 1 aliphatic rings. The van der Waals surface area contributed by atoms with Gasteiger partial charge in [-0.1, -0.05) is 24.3 Å². The number of aromatic nitrogens is 1. The Morgan fingerprint density at radius 1 is 1.15 bits per heavy atom. The van der Waals surface area contributed by atoms with Crippen LogP contribution in [0.5, 0.6) is 0 Å². The van der Waals surface area contributed by atoms with Gasteiger partial charge in [-0.2, -0.15) is 0 Å². The summed E-state index contributed by atoms with van der Waals surface area (Å²) in [5.74, 6) is -1.28. The van der Waals surface area contributed by atoms with Gasteiger partial charge in [0.25, 0.3) is 0 Å². The zero-order valence-corrected chi connectivity index (χ0v) is 23.1. The van der Waals surface area contributed by atoms with E-state index >= 15 is 0 Å². The van der Waals surface area contributed by atoms with Gasteiger partial charge in [0.15, 0.2) is 11.0 Å². The molecule has 1 aromatic heterocycles. The number of ketones is 1. The summed E-state index contributed by atoms with van der Waals surface area (Å²) < 4.78 is 14.2. The summed E-state index contributed by atoms with van der Waals surface area (Å²) in [6.07, 6.45) is 2.27. The fourth-order valence-electron chi connectivity index (χ4n) is 4.84. The highest BCUT2D eigenvalue weighted by molar-refractivity contribution is 7.20. The zero-order chi connectivity index (χ0) is 28.6. The molecule has 0 unspecified atom stereocenters. The van der Waals surface area contributed by atoms with Gasteiger partial charge >= 0.3 is 0 Å². The minimum atomic E-state index is -0.848. The number of nitrogens with one attached hydrogen (secondary N) is 2. The van der Waals surface area contributed by atoms with Crippen molar-refractivity contribution in [3.63, 3.8) is 0 Å². The number of thiazole rings is 1. The monoisotopic (exact) mass is 567 g/mol. The number of carbonyl (C=O) groups excluding carboxylic acids is 3. The molecule has 12 heteroatoms. The second-order valence-corrected chi connectivity index (χ2v) is 10.8. The number of benzene rings is 2. The number of fused-ring (bicyclic) bond motifs is 1. The molecule has 2 aromatic carbocycles. The summed E-state index contributed by atoms with van der Waals surface area (Å²) in [5.41, 5.74) is 12.4. The Balaban J connectivity index is 1.48. The predicted octanol–water partition coefficient (Wildman–Crippen LogP) is 1.98. The van der Waals surface area contributed by atoms with Crippen LogP contribution in [0.2, 0.25) is 0 Å². The number of hydrogen-bond acceptors (Lipinski definition) is 7. The number of hydrogen-bond donors (Lipinski definition) is 4. The first kappa shape index (κ1) is 29.1. The zero-order valence-electron chi connectivity index (χ0n) is 22.3. The van der Waals surface area contributed by atoms with Gasteiger partial charge in [-0.25, -0.2) is 9.37 Å². The molecule has 6 N–H and O–H groups in total. The molecule has 1 fully saturated rings. The van der Waals surface area contributed by atoms with Crippen LogP contribution in [0.25, 0.3) is 10.2 Å². The molecule has 3 atom stereocenters. The van der Waals surface area contributed by atoms with Crippen molar-refractivity contribution in [1.82, 2.24) is 20.5 Å². The van der Waals surface area contributed by atoms with E-state index in [4.69, 9.17) is 11.5 Å². The molecule has 2 heterocycles. The maximum atomic E-state index is 13.5. The highest BCUT2D eigenvalue weighted by Crippen LogP contribution is 2.24. The van der Waals surface area contributed by atoms with Gasteiger partial charge in [-0.3, -0.25) is 19.4 Å². The molecule has 1 aliphatic heterocycles. The Morgan fingerprint density at radius 3 is 2.60 bits per heavy atom. The van der Waals surface area contributed by atoms with Crippen LogP contribution >= 0.6 is 11.3 Å². The lowest BCUT2D eigenvalue weighted by Crippen LogP contribution is -2.54. The molecule has 212 valence electrons. The molecule has 40 heavy (non-hydrogen) atoms. The number of nitrogens with two attached hydrogens (primary N) is 2. The lowest BCUT2D eigenvalue weighted by molar-refractivity contribution is -0.140. The third-order valence-corrected chi connectivity index (χ3v) is 7.97. The van der Waals surface area contributed by atoms with Gasteiger partial charge in [0.2, 0.25) is 17.6 Å². The number of likely N-dealkylation sites (tertiary alicyclic amines) is 1. The first-order valence-electron chi connectivity index (χ1n) is 13.2. The maximum Gasteiger partial charge on any atom is 0.243 e. The van der Waals surface area contributed by atoms with Crippen LogP contribution in [0, 0.1) is 5.82 Å². The quantitative estimate of drug-likeness (QED) is 0.113. The Labute approximate surface area is 236 Å². The lowest BCUT2D eigenvalue weighted by Gasteiger charge is -2.29. The smallest absolute Gasteiger partial charge is 0.243 e. The number of aliphatic imine (C=N–C) groups is 1. The van der Waals surface area contributed by atoms with Gasteiger partial charge < -0.3 is 27.0 Å². The SMILES string of the molecule is CN[C@H](Cc1ccc(F)cc1)C(=O)N1CCC[C@H]1C(=O)N[C@@H](CCCN=C(N)N)C(=O)c1nc2ccccc2s1. The number of para-hydroxylation sites is 1. The van der Waals surface area contributed by atoms with Crippen molar-refractivity contribution in [2.45, 2.75) is 50.2 Å². The van der Waals surface area contributed by atoms with Crippen LogP contribution in [-0.4, -0.2) is 71.7 Å². The normalized spacial score (nSPS) is 16.4. The molecule has 0 aliphatic carbocycles. The van der Waals surface area contributed by atoms with Crippen LogP contribution < -0.4 is 22.1 Å². The van der Waals surface area contributed by atoms with Crippen LogP contribution in [0.4, 0.5) is 4.39 Å². The van der Waals surface area contributed by atoms with E-state index in [0.29, 0.717) is 55.7 Å². The molecule has 2 amide bonds. The van der Waals surface area contributed by atoms with Crippen LogP contribution in [0.15, 0.2) is 53.5 Å². The van der Waals surface area contributed by atoms with Crippen molar-refractivity contribution in [3.05, 3.63) is 64.9 Å². The van der Waals surface area contributed by atoms with E-state index in [2.05, 4.69) is 20.6 Å². The highest BCUT2D eigenvalue weighted by Gasteiger charge is 2.38. The van der Waals surface area contributed by atoms with Crippen LogP contribution in [0.3, 0.4) is 0 Å². The van der Waals surface area contributed by atoms with Gasteiger partial charge in [0, 0.05) is 13.1 Å². The molecule has 0 bridgehead atoms. The fraction of sp³-hybridized carbons (Fsp3) is 0.393. The van der Waals surface area contributed by atoms with E-state index in [1.807, 2.05) is 24.3 Å². The maximum absolute atomic E-state index is 13.5. The molecule has 1 saturated heterocycles. The number of likely N-dealkylation sites (N-methyl/N-ethyl adjacent to an activating group) is 1. The summed E-state index contributed by atoms with van der Waals surface area (Å²) >= 11 is 1.28. The first-order chi connectivity index (χ1) is 19.3. The number of amides is 2. The molecule has 0 saturated carbocycles. The van der Waals surface area contributed by atoms with Crippen molar-refractivity contribution >= 4 is 45.1 Å². The van der Waals surface area contributed by atoms with E-state index in [9.17, 15) is 18.8 Å².